The molecule has 2 amide bonds. The van der Waals surface area contributed by atoms with E-state index in [2.05, 4.69) is 5.32 Å². The van der Waals surface area contributed by atoms with Crippen molar-refractivity contribution in [3.05, 3.63) is 88.4 Å². The maximum Gasteiger partial charge on any atom is 0.264 e. The van der Waals surface area contributed by atoms with Crippen LogP contribution < -0.4 is 14.4 Å². The summed E-state index contributed by atoms with van der Waals surface area (Å²) in [6.45, 7) is 8.65. The zero-order valence-corrected chi connectivity index (χ0v) is 26.1. The number of nitrogens with zero attached hydrogens (tertiary/aromatic N) is 2. The number of carbonyl (C=O) groups excluding carboxylic acids is 2. The first-order valence-corrected chi connectivity index (χ1v) is 15.3. The molecular formula is C30H35Cl2N3O5S. The van der Waals surface area contributed by atoms with Crippen LogP contribution in [0.5, 0.6) is 5.75 Å². The monoisotopic (exact) mass is 619 g/mol. The third-order valence-corrected chi connectivity index (χ3v) is 8.60. The summed E-state index contributed by atoms with van der Waals surface area (Å²) < 4.78 is 34.3. The van der Waals surface area contributed by atoms with Crippen molar-refractivity contribution in [1.29, 1.82) is 0 Å². The Morgan fingerprint density at radius 1 is 0.927 bits per heavy atom. The SMILES string of the molecule is CCOc1ccc(N(CC(=O)N(Cc2c(Cl)cccc2Cl)[C@@H](C)C(=O)NC(C)(C)C)S(=O)(=O)c2ccccc2)cc1. The van der Waals surface area contributed by atoms with Crippen molar-refractivity contribution in [3.8, 4) is 5.75 Å². The van der Waals surface area contributed by atoms with Gasteiger partial charge >= 0.3 is 0 Å². The zero-order valence-electron chi connectivity index (χ0n) is 23.7. The Balaban J connectivity index is 2.07. The molecule has 0 fully saturated rings. The molecular weight excluding hydrogens is 585 g/mol. The molecule has 0 aliphatic heterocycles. The molecule has 3 aromatic rings. The van der Waals surface area contributed by atoms with Gasteiger partial charge in [0.2, 0.25) is 11.8 Å². The Labute approximate surface area is 252 Å². The van der Waals surface area contributed by atoms with Crippen LogP contribution in [0.1, 0.15) is 40.2 Å². The van der Waals surface area contributed by atoms with E-state index in [0.717, 1.165) is 4.31 Å². The highest BCUT2D eigenvalue weighted by Crippen LogP contribution is 2.29. The topological polar surface area (TPSA) is 96.0 Å². The lowest BCUT2D eigenvalue weighted by Crippen LogP contribution is -2.54. The molecule has 11 heteroatoms. The summed E-state index contributed by atoms with van der Waals surface area (Å²) in [5.74, 6) is -0.472. The second kappa shape index (κ2) is 13.6. The zero-order chi connectivity index (χ0) is 30.4. The fourth-order valence-electron chi connectivity index (χ4n) is 4.03. The standard InChI is InChI=1S/C30H35Cl2N3O5S/c1-6-40-23-17-15-22(16-18-23)35(41(38,39)24-11-8-7-9-12-24)20-28(36)34(21(2)29(37)33-30(3,4)5)19-25-26(31)13-10-14-27(25)32/h7-18,21H,6,19-20H2,1-5H3,(H,33,37)/t21-/m0/s1. The number of carbonyl (C=O) groups is 2. The van der Waals surface area contributed by atoms with Crippen molar-refractivity contribution in [3.63, 3.8) is 0 Å². The van der Waals surface area contributed by atoms with Gasteiger partial charge in [-0.3, -0.25) is 13.9 Å². The lowest BCUT2D eigenvalue weighted by atomic mass is 10.1. The smallest absolute Gasteiger partial charge is 0.264 e. The van der Waals surface area contributed by atoms with Crippen LogP contribution in [0.4, 0.5) is 5.69 Å². The van der Waals surface area contributed by atoms with E-state index >= 15 is 0 Å². The predicted molar refractivity (Wildman–Crippen MR) is 163 cm³/mol. The van der Waals surface area contributed by atoms with Gasteiger partial charge in [0.1, 0.15) is 18.3 Å². The number of hydrogen-bond donors (Lipinski definition) is 1. The van der Waals surface area contributed by atoms with Crippen molar-refractivity contribution in [2.45, 2.75) is 57.6 Å². The average molecular weight is 621 g/mol. The number of rotatable bonds is 11. The lowest BCUT2D eigenvalue weighted by Gasteiger charge is -2.33. The van der Waals surface area contributed by atoms with E-state index in [1.807, 2.05) is 27.7 Å². The van der Waals surface area contributed by atoms with Crippen LogP contribution in [-0.4, -0.2) is 49.9 Å². The Hall–Kier alpha value is -3.27. The summed E-state index contributed by atoms with van der Waals surface area (Å²) in [5.41, 5.74) is 0.138. The van der Waals surface area contributed by atoms with Crippen molar-refractivity contribution in [2.24, 2.45) is 0 Å². The summed E-state index contributed by atoms with van der Waals surface area (Å²) in [5, 5.41) is 3.52. The molecule has 0 radical (unpaired) electrons. The van der Waals surface area contributed by atoms with Crippen LogP contribution >= 0.6 is 23.2 Å². The number of hydrogen-bond acceptors (Lipinski definition) is 5. The van der Waals surface area contributed by atoms with Crippen molar-refractivity contribution in [2.75, 3.05) is 17.5 Å². The molecule has 0 aromatic heterocycles. The Morgan fingerprint density at radius 2 is 1.51 bits per heavy atom. The molecule has 0 spiro atoms. The van der Waals surface area contributed by atoms with Crippen LogP contribution in [0.15, 0.2) is 77.7 Å². The van der Waals surface area contributed by atoms with Crippen molar-refractivity contribution >= 4 is 50.7 Å². The first-order valence-electron chi connectivity index (χ1n) is 13.1. The maximum atomic E-state index is 14.0. The van der Waals surface area contributed by atoms with E-state index in [1.54, 1.807) is 67.6 Å². The number of halogens is 2. The third kappa shape index (κ3) is 8.38. The van der Waals surface area contributed by atoms with Gasteiger partial charge in [-0.15, -0.1) is 0 Å². The average Bonchev–Trinajstić information content (AvgIpc) is 2.91. The third-order valence-electron chi connectivity index (χ3n) is 6.10. The molecule has 0 aliphatic carbocycles. The first-order chi connectivity index (χ1) is 19.2. The lowest BCUT2D eigenvalue weighted by molar-refractivity contribution is -0.140. The molecule has 3 rings (SSSR count). The van der Waals surface area contributed by atoms with Crippen LogP contribution in [0.2, 0.25) is 10.0 Å². The molecule has 0 aliphatic rings. The summed E-state index contributed by atoms with van der Waals surface area (Å²) >= 11 is 12.8. The highest BCUT2D eigenvalue weighted by molar-refractivity contribution is 7.92. The molecule has 41 heavy (non-hydrogen) atoms. The molecule has 0 heterocycles. The van der Waals surface area contributed by atoms with Crippen LogP contribution in [-0.2, 0) is 26.2 Å². The molecule has 3 aromatic carbocycles. The van der Waals surface area contributed by atoms with Crippen molar-refractivity contribution in [1.82, 2.24) is 10.2 Å². The van der Waals surface area contributed by atoms with Gasteiger partial charge in [-0.2, -0.15) is 0 Å². The number of amides is 2. The van der Waals surface area contributed by atoms with Crippen LogP contribution in [0.3, 0.4) is 0 Å². The number of anilines is 1. The van der Waals surface area contributed by atoms with E-state index in [9.17, 15) is 18.0 Å². The summed E-state index contributed by atoms with van der Waals surface area (Å²) in [4.78, 5) is 28.6. The van der Waals surface area contributed by atoms with Gasteiger partial charge < -0.3 is 15.0 Å². The normalized spacial score (nSPS) is 12.4. The van der Waals surface area contributed by atoms with Gasteiger partial charge in [-0.1, -0.05) is 47.5 Å². The Kier molecular flexibility index (Phi) is 10.7. The number of benzene rings is 3. The molecule has 220 valence electrons. The van der Waals surface area contributed by atoms with E-state index in [-0.39, 0.29) is 17.1 Å². The minimum Gasteiger partial charge on any atom is -0.494 e. The van der Waals surface area contributed by atoms with Gasteiger partial charge in [0, 0.05) is 27.7 Å². The molecule has 1 N–H and O–H groups in total. The molecule has 0 saturated carbocycles. The Morgan fingerprint density at radius 3 is 2.05 bits per heavy atom. The fourth-order valence-corrected chi connectivity index (χ4v) is 5.99. The second-order valence-electron chi connectivity index (χ2n) is 10.4. The number of nitrogens with one attached hydrogen (secondary N) is 1. The molecule has 0 bridgehead atoms. The fraction of sp³-hybridized carbons (Fsp3) is 0.333. The van der Waals surface area contributed by atoms with Gasteiger partial charge in [-0.25, -0.2) is 8.42 Å². The minimum atomic E-state index is -4.18. The van der Waals surface area contributed by atoms with Crippen molar-refractivity contribution < 1.29 is 22.7 Å². The summed E-state index contributed by atoms with van der Waals surface area (Å²) in [6.07, 6.45) is 0. The quantitative estimate of drug-likeness (QED) is 0.287. The molecule has 0 saturated heterocycles. The summed E-state index contributed by atoms with van der Waals surface area (Å²) in [7, 11) is -4.18. The molecule has 1 atom stereocenters. The van der Waals surface area contributed by atoms with Crippen LogP contribution in [0.25, 0.3) is 0 Å². The van der Waals surface area contributed by atoms with Gasteiger partial charge in [0.05, 0.1) is 17.2 Å². The minimum absolute atomic E-state index is 0.0147. The Bertz CT molecular complexity index is 1440. The molecule has 0 unspecified atom stereocenters. The largest absolute Gasteiger partial charge is 0.494 e. The second-order valence-corrected chi connectivity index (χ2v) is 13.1. The first kappa shape index (κ1) is 32.2. The van der Waals surface area contributed by atoms with Crippen LogP contribution in [0, 0.1) is 0 Å². The predicted octanol–water partition coefficient (Wildman–Crippen LogP) is 5.92. The van der Waals surface area contributed by atoms with E-state index in [0.29, 0.717) is 28.0 Å². The highest BCUT2D eigenvalue weighted by atomic mass is 35.5. The number of ether oxygens (including phenoxy) is 1. The van der Waals surface area contributed by atoms with E-state index in [4.69, 9.17) is 27.9 Å². The summed E-state index contributed by atoms with van der Waals surface area (Å²) in [6, 6.07) is 18.2. The van der Waals surface area contributed by atoms with E-state index < -0.39 is 40.0 Å². The van der Waals surface area contributed by atoms with Gasteiger partial charge in [0.25, 0.3) is 10.0 Å². The maximum absolute atomic E-state index is 14.0. The van der Waals surface area contributed by atoms with Gasteiger partial charge in [-0.05, 0) is 83.1 Å². The molecule has 8 nitrogen and oxygen atoms in total. The van der Waals surface area contributed by atoms with E-state index in [1.165, 1.54) is 17.0 Å². The number of sulfonamides is 1. The highest BCUT2D eigenvalue weighted by Gasteiger charge is 2.34. The van der Waals surface area contributed by atoms with Gasteiger partial charge in [0.15, 0.2) is 0 Å².